The lowest BCUT2D eigenvalue weighted by Gasteiger charge is -2.17. The molecule has 0 aliphatic carbocycles. The van der Waals surface area contributed by atoms with E-state index in [1.807, 2.05) is 0 Å². The lowest BCUT2D eigenvalue weighted by Crippen LogP contribution is -2.28. The molecular formula is C15H24N2O. The summed E-state index contributed by atoms with van der Waals surface area (Å²) in [6.07, 6.45) is 4.58. The predicted octanol–water partition coefficient (Wildman–Crippen LogP) is 2.95. The fourth-order valence-corrected chi connectivity index (χ4v) is 2.50. The van der Waals surface area contributed by atoms with Crippen molar-refractivity contribution in [3.05, 3.63) is 29.3 Å². The third-order valence-corrected chi connectivity index (χ3v) is 3.59. The van der Waals surface area contributed by atoms with Gasteiger partial charge in [-0.3, -0.25) is 11.3 Å². The van der Waals surface area contributed by atoms with Crippen molar-refractivity contribution in [1.29, 1.82) is 0 Å². The average molecular weight is 248 g/mol. The molecule has 0 saturated heterocycles. The van der Waals surface area contributed by atoms with E-state index in [1.54, 1.807) is 0 Å². The van der Waals surface area contributed by atoms with Gasteiger partial charge < -0.3 is 4.74 Å². The molecule has 0 saturated carbocycles. The van der Waals surface area contributed by atoms with Crippen LogP contribution >= 0.6 is 0 Å². The Morgan fingerprint density at radius 1 is 1.33 bits per heavy atom. The maximum absolute atomic E-state index is 5.69. The molecule has 0 fully saturated rings. The van der Waals surface area contributed by atoms with Crippen molar-refractivity contribution in [2.45, 2.75) is 45.6 Å². The van der Waals surface area contributed by atoms with Crippen LogP contribution in [0.15, 0.2) is 18.2 Å². The first-order chi connectivity index (χ1) is 8.70. The van der Waals surface area contributed by atoms with Crippen molar-refractivity contribution in [2.75, 3.05) is 6.61 Å². The van der Waals surface area contributed by atoms with Crippen LogP contribution in [0.4, 0.5) is 0 Å². The molecule has 3 N–H and O–H groups in total. The zero-order valence-electron chi connectivity index (χ0n) is 11.4. The summed E-state index contributed by atoms with van der Waals surface area (Å²) in [5.41, 5.74) is 5.54. The molecule has 0 radical (unpaired) electrons. The Labute approximate surface area is 110 Å². The van der Waals surface area contributed by atoms with E-state index in [-0.39, 0.29) is 6.04 Å². The number of nitrogens with one attached hydrogen (secondary N) is 1. The molecule has 1 unspecified atom stereocenters. The first-order valence-corrected chi connectivity index (χ1v) is 6.92. The van der Waals surface area contributed by atoms with Crippen LogP contribution in [0.2, 0.25) is 0 Å². The van der Waals surface area contributed by atoms with Gasteiger partial charge in [-0.25, -0.2) is 0 Å². The topological polar surface area (TPSA) is 47.3 Å². The Morgan fingerprint density at radius 3 is 2.89 bits per heavy atom. The van der Waals surface area contributed by atoms with Crippen molar-refractivity contribution >= 4 is 0 Å². The molecule has 1 aliphatic rings. The van der Waals surface area contributed by atoms with E-state index in [4.69, 9.17) is 10.6 Å². The summed E-state index contributed by atoms with van der Waals surface area (Å²) in [7, 11) is 0. The van der Waals surface area contributed by atoms with Crippen molar-refractivity contribution in [3.8, 4) is 5.75 Å². The van der Waals surface area contributed by atoms with E-state index in [0.29, 0.717) is 0 Å². The molecule has 1 heterocycles. The molecule has 0 amide bonds. The highest BCUT2D eigenvalue weighted by atomic mass is 16.5. The lowest BCUT2D eigenvalue weighted by atomic mass is 9.97. The van der Waals surface area contributed by atoms with Crippen molar-refractivity contribution in [1.82, 2.24) is 5.43 Å². The van der Waals surface area contributed by atoms with E-state index in [9.17, 15) is 0 Å². The molecule has 0 bridgehead atoms. The van der Waals surface area contributed by atoms with E-state index in [0.717, 1.165) is 31.1 Å². The lowest BCUT2D eigenvalue weighted by molar-refractivity contribution is 0.356. The number of hydrogen-bond acceptors (Lipinski definition) is 3. The minimum absolute atomic E-state index is 0.259. The normalized spacial score (nSPS) is 15.6. The average Bonchev–Trinajstić information content (AvgIpc) is 2.81. The minimum atomic E-state index is 0.259. The van der Waals surface area contributed by atoms with Gasteiger partial charge in [0, 0.05) is 12.5 Å². The number of hydrazine groups is 1. The van der Waals surface area contributed by atoms with Gasteiger partial charge >= 0.3 is 0 Å². The minimum Gasteiger partial charge on any atom is -0.493 e. The number of rotatable bonds is 6. The molecular weight excluding hydrogens is 224 g/mol. The smallest absolute Gasteiger partial charge is 0.122 e. The zero-order chi connectivity index (χ0) is 13.0. The number of nitrogens with two attached hydrogens (primary N) is 1. The molecule has 18 heavy (non-hydrogen) atoms. The Bertz CT molecular complexity index is 390. The molecule has 1 aliphatic heterocycles. The van der Waals surface area contributed by atoms with Crippen LogP contribution in [-0.2, 0) is 6.42 Å². The summed E-state index contributed by atoms with van der Waals surface area (Å²) in [6, 6.07) is 6.70. The number of hydrogen-bond donors (Lipinski definition) is 2. The van der Waals surface area contributed by atoms with Gasteiger partial charge in [-0.05, 0) is 29.5 Å². The summed E-state index contributed by atoms with van der Waals surface area (Å²) in [6.45, 7) is 5.34. The Kier molecular flexibility index (Phi) is 4.61. The van der Waals surface area contributed by atoms with Gasteiger partial charge in [0.2, 0.25) is 0 Å². The van der Waals surface area contributed by atoms with E-state index in [1.165, 1.54) is 24.0 Å². The van der Waals surface area contributed by atoms with Crippen molar-refractivity contribution < 1.29 is 4.74 Å². The molecule has 3 heteroatoms. The van der Waals surface area contributed by atoms with E-state index < -0.39 is 0 Å². The van der Waals surface area contributed by atoms with Gasteiger partial charge in [-0.1, -0.05) is 38.8 Å². The summed E-state index contributed by atoms with van der Waals surface area (Å²) >= 11 is 0. The first kappa shape index (κ1) is 13.4. The molecule has 1 aromatic carbocycles. The largest absolute Gasteiger partial charge is 0.493 e. The second-order valence-electron chi connectivity index (χ2n) is 5.51. The Balaban J connectivity index is 1.99. The van der Waals surface area contributed by atoms with Gasteiger partial charge in [0.05, 0.1) is 6.61 Å². The highest BCUT2D eigenvalue weighted by molar-refractivity contribution is 5.40. The second kappa shape index (κ2) is 6.21. The second-order valence-corrected chi connectivity index (χ2v) is 5.51. The van der Waals surface area contributed by atoms with Crippen LogP contribution in [0.25, 0.3) is 0 Å². The fraction of sp³-hybridized carbons (Fsp3) is 0.600. The quantitative estimate of drug-likeness (QED) is 0.601. The van der Waals surface area contributed by atoms with Crippen LogP contribution in [0.5, 0.6) is 5.75 Å². The van der Waals surface area contributed by atoms with Crippen molar-refractivity contribution in [2.24, 2.45) is 11.8 Å². The number of fused-ring (bicyclic) bond motifs is 1. The SMILES string of the molecule is CC(C)CCCC(NN)c1ccc2c(c1)CCO2. The van der Waals surface area contributed by atoms with Gasteiger partial charge in [0.15, 0.2) is 0 Å². The van der Waals surface area contributed by atoms with Gasteiger partial charge in [-0.15, -0.1) is 0 Å². The monoisotopic (exact) mass is 248 g/mol. The van der Waals surface area contributed by atoms with Crippen LogP contribution in [0, 0.1) is 5.92 Å². The van der Waals surface area contributed by atoms with E-state index >= 15 is 0 Å². The molecule has 0 spiro atoms. The molecule has 100 valence electrons. The maximum Gasteiger partial charge on any atom is 0.122 e. The van der Waals surface area contributed by atoms with Gasteiger partial charge in [0.25, 0.3) is 0 Å². The zero-order valence-corrected chi connectivity index (χ0v) is 11.4. The third kappa shape index (κ3) is 3.24. The third-order valence-electron chi connectivity index (χ3n) is 3.59. The van der Waals surface area contributed by atoms with Crippen molar-refractivity contribution in [3.63, 3.8) is 0 Å². The molecule has 0 aromatic heterocycles. The number of benzene rings is 1. The first-order valence-electron chi connectivity index (χ1n) is 6.92. The summed E-state index contributed by atoms with van der Waals surface area (Å²) < 4.78 is 5.53. The maximum atomic E-state index is 5.69. The highest BCUT2D eigenvalue weighted by Gasteiger charge is 2.16. The van der Waals surface area contributed by atoms with Gasteiger partial charge in [0.1, 0.15) is 5.75 Å². The molecule has 2 rings (SSSR count). The molecule has 1 aromatic rings. The summed E-state index contributed by atoms with van der Waals surface area (Å²) in [4.78, 5) is 0. The van der Waals surface area contributed by atoms with Crippen LogP contribution in [0.1, 0.15) is 50.3 Å². The van der Waals surface area contributed by atoms with Gasteiger partial charge in [-0.2, -0.15) is 0 Å². The predicted molar refractivity (Wildman–Crippen MR) is 74.4 cm³/mol. The van der Waals surface area contributed by atoms with Crippen LogP contribution in [-0.4, -0.2) is 6.61 Å². The van der Waals surface area contributed by atoms with Crippen LogP contribution < -0.4 is 16.0 Å². The highest BCUT2D eigenvalue weighted by Crippen LogP contribution is 2.29. The summed E-state index contributed by atoms with van der Waals surface area (Å²) in [5, 5.41) is 0. The standard InChI is InChI=1S/C15H24N2O/c1-11(2)4-3-5-14(17-16)12-6-7-15-13(10-12)8-9-18-15/h6-7,10-11,14,17H,3-5,8-9,16H2,1-2H3. The molecule has 1 atom stereocenters. The summed E-state index contributed by atoms with van der Waals surface area (Å²) in [5.74, 6) is 7.49. The Hall–Kier alpha value is -1.06. The molecule has 3 nitrogen and oxygen atoms in total. The fourth-order valence-electron chi connectivity index (χ4n) is 2.50. The number of ether oxygens (including phenoxy) is 1. The van der Waals surface area contributed by atoms with Crippen LogP contribution in [0.3, 0.4) is 0 Å². The Morgan fingerprint density at radius 2 is 2.17 bits per heavy atom. The van der Waals surface area contributed by atoms with E-state index in [2.05, 4.69) is 37.5 Å².